The Labute approximate surface area is 236 Å². The van der Waals surface area contributed by atoms with Gasteiger partial charge in [0, 0.05) is 29.6 Å². The van der Waals surface area contributed by atoms with Gasteiger partial charge in [0.1, 0.15) is 0 Å². The summed E-state index contributed by atoms with van der Waals surface area (Å²) in [7, 11) is -2.73. The summed E-state index contributed by atoms with van der Waals surface area (Å²) in [5.41, 5.74) is 0. The van der Waals surface area contributed by atoms with Crippen LogP contribution in [0, 0.1) is 0 Å². The smallest absolute Gasteiger partial charge is 0.0354 e. The normalized spacial score (nSPS) is 12.1. The van der Waals surface area contributed by atoms with Crippen LogP contribution in [-0.2, 0) is 0 Å². The second kappa shape index (κ2) is 9.03. The third-order valence-corrected chi connectivity index (χ3v) is 15.7. The molecule has 0 aliphatic heterocycles. The summed E-state index contributed by atoms with van der Waals surface area (Å²) in [6.07, 6.45) is 0. The lowest BCUT2D eigenvalue weighted by Gasteiger charge is -2.47. The van der Waals surface area contributed by atoms with Crippen molar-refractivity contribution in [3.63, 3.8) is 0 Å². The number of thiophene rings is 2. The monoisotopic (exact) mass is 548 g/mol. The predicted octanol–water partition coefficient (Wildman–Crippen LogP) is 7.80. The highest BCUT2D eigenvalue weighted by Crippen LogP contribution is 2.36. The molecule has 6 aromatic carbocycles. The van der Waals surface area contributed by atoms with E-state index in [1.807, 2.05) is 22.7 Å². The fourth-order valence-corrected chi connectivity index (χ4v) is 14.8. The molecule has 0 saturated carbocycles. The van der Waals surface area contributed by atoms with E-state index in [9.17, 15) is 0 Å². The number of benzene rings is 6. The molecule has 8 rings (SSSR count). The Morgan fingerprint density at radius 2 is 0.718 bits per heavy atom. The fourth-order valence-electron chi connectivity index (χ4n) is 6.40. The Hall–Kier alpha value is -4.02. The van der Waals surface area contributed by atoms with Crippen molar-refractivity contribution in [1.82, 2.24) is 0 Å². The van der Waals surface area contributed by atoms with Crippen LogP contribution in [0.3, 0.4) is 0 Å². The maximum Gasteiger partial charge on any atom is 0.0354 e. The van der Waals surface area contributed by atoms with Crippen molar-refractivity contribution in [3.8, 4) is 0 Å². The van der Waals surface area contributed by atoms with Crippen LogP contribution >= 0.6 is 22.7 Å². The number of hydrogen-bond acceptors (Lipinski definition) is 2. The summed E-state index contributed by atoms with van der Waals surface area (Å²) in [6, 6.07) is 54.5. The minimum atomic E-state index is -2.73. The van der Waals surface area contributed by atoms with Crippen LogP contribution in [0.2, 0.25) is 0 Å². The maximum absolute atomic E-state index is 2.73. The zero-order valence-corrected chi connectivity index (χ0v) is 23.8. The molecule has 2 aromatic heterocycles. The van der Waals surface area contributed by atoms with Crippen LogP contribution in [-0.4, -0.2) is 8.07 Å². The molecule has 0 aliphatic carbocycles. The van der Waals surface area contributed by atoms with Crippen molar-refractivity contribution < 1.29 is 0 Å². The summed E-state index contributed by atoms with van der Waals surface area (Å²) in [5.74, 6) is 0. The van der Waals surface area contributed by atoms with Crippen LogP contribution < -0.4 is 20.7 Å². The van der Waals surface area contributed by atoms with E-state index < -0.39 is 8.07 Å². The summed E-state index contributed by atoms with van der Waals surface area (Å²) < 4.78 is 5.53. The highest BCUT2D eigenvalue weighted by molar-refractivity contribution is 7.33. The first-order chi connectivity index (χ1) is 19.4. The molecule has 0 atom stereocenters. The van der Waals surface area contributed by atoms with Gasteiger partial charge in [-0.15, -0.1) is 22.7 Å². The molecule has 0 bridgehead atoms. The highest BCUT2D eigenvalue weighted by atomic mass is 32.1. The van der Waals surface area contributed by atoms with E-state index in [1.54, 1.807) is 0 Å². The van der Waals surface area contributed by atoms with Gasteiger partial charge in [0.15, 0.2) is 0 Å². The molecule has 0 spiro atoms. The van der Waals surface area contributed by atoms with E-state index in [0.717, 1.165) is 0 Å². The van der Waals surface area contributed by atoms with Gasteiger partial charge in [-0.3, -0.25) is 0 Å². The largest absolute Gasteiger partial charge is 0.171 e. The second-order valence-corrected chi connectivity index (χ2v) is 15.9. The Morgan fingerprint density at radius 3 is 1.18 bits per heavy atom. The SMILES string of the molecule is c1ccc([Si-](c2ccccc2)(c2cccc3c2sc2ccccc23)c2cccc3c2sc2ccccc23)cc1. The van der Waals surface area contributed by atoms with Gasteiger partial charge >= 0.3 is 0 Å². The van der Waals surface area contributed by atoms with Crippen molar-refractivity contribution >= 4 is 91.8 Å². The van der Waals surface area contributed by atoms with E-state index in [1.165, 1.54) is 61.1 Å². The van der Waals surface area contributed by atoms with Crippen molar-refractivity contribution in [2.75, 3.05) is 0 Å². The molecule has 39 heavy (non-hydrogen) atoms. The van der Waals surface area contributed by atoms with Gasteiger partial charge in [-0.25, -0.2) is 0 Å². The summed E-state index contributed by atoms with van der Waals surface area (Å²) in [5, 5.41) is 11.2. The zero-order valence-electron chi connectivity index (χ0n) is 21.2. The predicted molar refractivity (Wildman–Crippen MR) is 176 cm³/mol. The van der Waals surface area contributed by atoms with Crippen molar-refractivity contribution in [1.29, 1.82) is 0 Å². The van der Waals surface area contributed by atoms with Crippen LogP contribution in [0.4, 0.5) is 0 Å². The van der Waals surface area contributed by atoms with Crippen molar-refractivity contribution in [2.45, 2.75) is 0 Å². The lowest BCUT2D eigenvalue weighted by molar-refractivity contribution is 1.70. The van der Waals surface area contributed by atoms with Gasteiger partial charge in [0.05, 0.1) is 0 Å². The van der Waals surface area contributed by atoms with Gasteiger partial charge in [-0.2, -0.15) is 20.7 Å². The van der Waals surface area contributed by atoms with E-state index in [2.05, 4.69) is 146 Å². The molecule has 0 amide bonds. The van der Waals surface area contributed by atoms with Crippen LogP contribution in [0.15, 0.2) is 146 Å². The molecule has 0 unspecified atom stereocenters. The average Bonchev–Trinajstić information content (AvgIpc) is 3.58. The van der Waals surface area contributed by atoms with Crippen molar-refractivity contribution in [3.05, 3.63) is 146 Å². The van der Waals surface area contributed by atoms with E-state index in [4.69, 9.17) is 0 Å². The van der Waals surface area contributed by atoms with Crippen LogP contribution in [0.5, 0.6) is 0 Å². The lowest BCUT2D eigenvalue weighted by Crippen LogP contribution is -2.74. The van der Waals surface area contributed by atoms with Crippen LogP contribution in [0.1, 0.15) is 0 Å². The molecule has 0 radical (unpaired) electrons. The molecule has 0 fully saturated rings. The molecule has 2 heterocycles. The van der Waals surface area contributed by atoms with E-state index in [0.29, 0.717) is 0 Å². The molecule has 0 nitrogen and oxygen atoms in total. The first-order valence-electron chi connectivity index (χ1n) is 13.3. The number of fused-ring (bicyclic) bond motifs is 6. The van der Waals surface area contributed by atoms with Gasteiger partial charge in [0.25, 0.3) is 0 Å². The van der Waals surface area contributed by atoms with Gasteiger partial charge in [-0.1, -0.05) is 133 Å². The third kappa shape index (κ3) is 3.34. The Kier molecular flexibility index (Phi) is 5.30. The Morgan fingerprint density at radius 1 is 0.333 bits per heavy atom. The summed E-state index contributed by atoms with van der Waals surface area (Å²) in [4.78, 5) is 0. The van der Waals surface area contributed by atoms with E-state index in [-0.39, 0.29) is 0 Å². The summed E-state index contributed by atoms with van der Waals surface area (Å²) >= 11 is 3.90. The topological polar surface area (TPSA) is 0 Å². The molecule has 0 N–H and O–H groups in total. The number of rotatable bonds is 4. The molecule has 3 heteroatoms. The average molecular weight is 549 g/mol. The highest BCUT2D eigenvalue weighted by Gasteiger charge is 2.32. The van der Waals surface area contributed by atoms with E-state index >= 15 is 0 Å². The quantitative estimate of drug-likeness (QED) is 0.155. The fraction of sp³-hybridized carbons (Fsp3) is 0. The van der Waals surface area contributed by atoms with Gasteiger partial charge in [0.2, 0.25) is 0 Å². The molecule has 0 saturated heterocycles. The number of hydrogen-bond donors (Lipinski definition) is 0. The minimum absolute atomic E-state index is 1.35. The molecule has 0 aliphatic rings. The van der Waals surface area contributed by atoms with Gasteiger partial charge in [-0.05, 0) is 31.0 Å². The zero-order chi connectivity index (χ0) is 25.8. The van der Waals surface area contributed by atoms with Crippen LogP contribution in [0.25, 0.3) is 40.3 Å². The minimum Gasteiger partial charge on any atom is -0.171 e. The van der Waals surface area contributed by atoms with Gasteiger partial charge < -0.3 is 0 Å². The maximum atomic E-state index is 2.43. The lowest BCUT2D eigenvalue weighted by atomic mass is 10.1. The first kappa shape index (κ1) is 22.9. The summed E-state index contributed by atoms with van der Waals surface area (Å²) in [6.45, 7) is 0. The molecule has 8 aromatic rings. The van der Waals surface area contributed by atoms with Crippen molar-refractivity contribution in [2.24, 2.45) is 0 Å². The standard InChI is InChI=1S/C36H24S2Si/c1-3-13-25(14-4-1)39(26-15-5-2-6-16-26,33-23-11-19-29-27-17-7-9-21-31(27)37-35(29)33)34-24-12-20-30-28-18-8-10-22-32(28)38-36(30)34/h1-24H/q-1. The Bertz CT molecular complexity index is 1970. The first-order valence-corrected chi connectivity index (χ1v) is 16.9. The molecule has 185 valence electrons. The Balaban J connectivity index is 1.61. The molecular weight excluding hydrogens is 525 g/mol. The third-order valence-electron chi connectivity index (χ3n) is 8.03. The molecular formula is C36H24S2Si-. The second-order valence-electron chi connectivity index (χ2n) is 10.0.